The van der Waals surface area contributed by atoms with Crippen LogP contribution in [0.3, 0.4) is 0 Å². The molecule has 0 fully saturated rings. The zero-order chi connectivity index (χ0) is 18.6. The fourth-order valence-corrected chi connectivity index (χ4v) is 2.51. The predicted molar refractivity (Wildman–Crippen MR) is 105 cm³/mol. The van der Waals surface area contributed by atoms with Crippen molar-refractivity contribution < 1.29 is 14.2 Å². The molecule has 5 nitrogen and oxygen atoms in total. The van der Waals surface area contributed by atoms with Crippen molar-refractivity contribution >= 4 is 0 Å². The summed E-state index contributed by atoms with van der Waals surface area (Å²) < 4.78 is 18.9. The minimum atomic E-state index is 0.444. The van der Waals surface area contributed by atoms with Crippen molar-refractivity contribution in [3.63, 3.8) is 0 Å². The Hall–Kier alpha value is -2.53. The molecule has 0 saturated carbocycles. The minimum Gasteiger partial charge on any atom is -0.493 e. The molecule has 0 atom stereocenters. The van der Waals surface area contributed by atoms with Gasteiger partial charge in [0.25, 0.3) is 6.01 Å². The van der Waals surface area contributed by atoms with Crippen molar-refractivity contribution in [2.75, 3.05) is 26.4 Å². The van der Waals surface area contributed by atoms with Crippen LogP contribution in [0.2, 0.25) is 0 Å². The van der Waals surface area contributed by atoms with Gasteiger partial charge in [-0.2, -0.15) is 0 Å². The van der Waals surface area contributed by atoms with Gasteiger partial charge in [0.15, 0.2) is 0 Å². The molecule has 2 rings (SSSR count). The average molecular weight is 356 g/mol. The van der Waals surface area contributed by atoms with Gasteiger partial charge in [-0.1, -0.05) is 24.3 Å². The van der Waals surface area contributed by atoms with E-state index in [0.29, 0.717) is 32.4 Å². The van der Waals surface area contributed by atoms with Gasteiger partial charge in [-0.3, -0.25) is 4.57 Å². The van der Waals surface area contributed by atoms with E-state index in [9.17, 15) is 0 Å². The van der Waals surface area contributed by atoms with E-state index in [2.05, 4.69) is 18.1 Å². The number of benzene rings is 1. The maximum absolute atomic E-state index is 5.98. The van der Waals surface area contributed by atoms with Gasteiger partial charge in [0.1, 0.15) is 12.4 Å². The Labute approximate surface area is 155 Å². The van der Waals surface area contributed by atoms with Gasteiger partial charge < -0.3 is 14.2 Å². The summed E-state index contributed by atoms with van der Waals surface area (Å²) in [5.74, 6) is 0.856. The number of aromatic nitrogens is 2. The van der Waals surface area contributed by atoms with E-state index >= 15 is 0 Å². The Bertz CT molecular complexity index is 694. The lowest BCUT2D eigenvalue weighted by Gasteiger charge is -2.12. The first-order chi connectivity index (χ1) is 12.8. The molecule has 5 heteroatoms. The number of hydrogen-bond donors (Lipinski definition) is 0. The normalized spacial score (nSPS) is 10.5. The van der Waals surface area contributed by atoms with Crippen LogP contribution in [-0.4, -0.2) is 36.0 Å². The largest absolute Gasteiger partial charge is 0.493 e. The highest BCUT2D eigenvalue weighted by Crippen LogP contribution is 2.31. The third kappa shape index (κ3) is 5.77. The summed E-state index contributed by atoms with van der Waals surface area (Å²) >= 11 is 0. The number of unbranched alkanes of at least 4 members (excludes halogenated alkanes) is 2. The molecule has 26 heavy (non-hydrogen) atoms. The highest BCUT2D eigenvalue weighted by Gasteiger charge is 2.13. The minimum absolute atomic E-state index is 0.444. The number of para-hydroxylation sites is 1. The molecule has 0 aliphatic carbocycles. The molecule has 0 amide bonds. The van der Waals surface area contributed by atoms with E-state index in [1.165, 1.54) is 0 Å². The molecule has 2 aromatic rings. The van der Waals surface area contributed by atoms with Gasteiger partial charge >= 0.3 is 0 Å². The monoisotopic (exact) mass is 356 g/mol. The Morgan fingerprint density at radius 1 is 1.04 bits per heavy atom. The number of imidazole rings is 1. The Kier molecular flexibility index (Phi) is 8.49. The van der Waals surface area contributed by atoms with Crippen LogP contribution >= 0.6 is 0 Å². The highest BCUT2D eigenvalue weighted by atomic mass is 16.5. The third-order valence-electron chi connectivity index (χ3n) is 3.86. The number of nitrogens with zero attached hydrogens (tertiary/aromatic N) is 2. The van der Waals surface area contributed by atoms with Crippen LogP contribution < -0.4 is 9.47 Å². The topological polar surface area (TPSA) is 45.5 Å². The summed E-state index contributed by atoms with van der Waals surface area (Å²) in [4.78, 5) is 4.37. The smallest absolute Gasteiger partial charge is 0.296 e. The van der Waals surface area contributed by atoms with E-state index in [-0.39, 0.29) is 0 Å². The highest BCUT2D eigenvalue weighted by molar-refractivity contribution is 5.67. The lowest BCUT2D eigenvalue weighted by Crippen LogP contribution is -2.09. The number of rotatable bonds is 13. The van der Waals surface area contributed by atoms with Gasteiger partial charge in [-0.15, -0.1) is 13.2 Å². The predicted octanol–water partition coefficient (Wildman–Crippen LogP) is 4.40. The molecule has 0 spiro atoms. The van der Waals surface area contributed by atoms with Crippen LogP contribution in [0, 0.1) is 0 Å². The molecule has 1 aromatic carbocycles. The zero-order valence-corrected chi connectivity index (χ0v) is 15.5. The van der Waals surface area contributed by atoms with E-state index in [4.69, 9.17) is 14.2 Å². The lowest BCUT2D eigenvalue weighted by atomic mass is 10.1. The molecule has 1 heterocycles. The number of ether oxygens (including phenoxy) is 3. The Morgan fingerprint density at radius 2 is 1.88 bits per heavy atom. The molecule has 0 radical (unpaired) electrons. The quantitative estimate of drug-likeness (QED) is 0.394. The second kappa shape index (κ2) is 11.2. The van der Waals surface area contributed by atoms with Gasteiger partial charge in [0.05, 0.1) is 31.7 Å². The molecule has 0 N–H and O–H groups in total. The van der Waals surface area contributed by atoms with Crippen LogP contribution in [0.4, 0.5) is 0 Å². The second-order valence-corrected chi connectivity index (χ2v) is 5.83. The standard InChI is InChI=1S/C21H28N2O3/c1-4-6-7-10-14-25-20-12-9-8-11-18(20)19-17-22-21(23(19)3)26-16-15-24-13-5-2/h4-5,8-9,11-12,17H,1-2,6-7,10,13-16H2,3H3. The van der Waals surface area contributed by atoms with Crippen molar-refractivity contribution in [1.82, 2.24) is 9.55 Å². The van der Waals surface area contributed by atoms with Gasteiger partial charge in [-0.05, 0) is 31.4 Å². The molecular formula is C21H28N2O3. The van der Waals surface area contributed by atoms with Crippen molar-refractivity contribution in [1.29, 1.82) is 0 Å². The van der Waals surface area contributed by atoms with Crippen LogP contribution in [0.1, 0.15) is 19.3 Å². The van der Waals surface area contributed by atoms with E-state index in [1.807, 2.05) is 42.0 Å². The summed E-state index contributed by atoms with van der Waals surface area (Å²) in [7, 11) is 1.93. The van der Waals surface area contributed by atoms with Crippen LogP contribution in [0.25, 0.3) is 11.3 Å². The van der Waals surface area contributed by atoms with Gasteiger partial charge in [0.2, 0.25) is 0 Å². The Morgan fingerprint density at radius 3 is 2.69 bits per heavy atom. The van der Waals surface area contributed by atoms with Crippen molar-refractivity contribution in [2.24, 2.45) is 7.05 Å². The molecule has 0 saturated heterocycles. The van der Waals surface area contributed by atoms with Crippen molar-refractivity contribution in [3.8, 4) is 23.0 Å². The average Bonchev–Trinajstić information content (AvgIpc) is 3.02. The van der Waals surface area contributed by atoms with Crippen LogP contribution in [-0.2, 0) is 11.8 Å². The maximum atomic E-state index is 5.98. The first kappa shape index (κ1) is 19.8. The fraction of sp³-hybridized carbons (Fsp3) is 0.381. The van der Waals surface area contributed by atoms with Crippen LogP contribution in [0.15, 0.2) is 55.8 Å². The summed E-state index contributed by atoms with van der Waals surface area (Å²) in [6.07, 6.45) is 8.57. The van der Waals surface area contributed by atoms with Gasteiger partial charge in [0, 0.05) is 12.6 Å². The molecule has 0 unspecified atom stereocenters. The summed E-state index contributed by atoms with van der Waals surface area (Å²) in [5.41, 5.74) is 1.96. The molecule has 140 valence electrons. The van der Waals surface area contributed by atoms with E-state index in [0.717, 1.165) is 36.3 Å². The fourth-order valence-electron chi connectivity index (χ4n) is 2.51. The summed E-state index contributed by atoms with van der Waals surface area (Å²) in [6.45, 7) is 9.51. The van der Waals surface area contributed by atoms with Gasteiger partial charge in [-0.25, -0.2) is 4.98 Å². The number of hydrogen-bond acceptors (Lipinski definition) is 4. The van der Waals surface area contributed by atoms with Crippen molar-refractivity contribution in [2.45, 2.75) is 19.3 Å². The first-order valence-corrected chi connectivity index (χ1v) is 8.94. The SMILES string of the molecule is C=CCCCCOc1ccccc1-c1cnc(OCCOCC=C)n1C. The summed E-state index contributed by atoms with van der Waals surface area (Å²) in [6, 6.07) is 8.55. The van der Waals surface area contributed by atoms with E-state index < -0.39 is 0 Å². The number of allylic oxidation sites excluding steroid dienone is 1. The maximum Gasteiger partial charge on any atom is 0.296 e. The van der Waals surface area contributed by atoms with E-state index in [1.54, 1.807) is 12.3 Å². The van der Waals surface area contributed by atoms with Crippen molar-refractivity contribution in [3.05, 3.63) is 55.8 Å². The Balaban J connectivity index is 1.99. The summed E-state index contributed by atoms with van der Waals surface area (Å²) in [5, 5.41) is 0. The molecular weight excluding hydrogens is 328 g/mol. The molecule has 0 bridgehead atoms. The molecule has 1 aromatic heterocycles. The second-order valence-electron chi connectivity index (χ2n) is 5.83. The van der Waals surface area contributed by atoms with Crippen LogP contribution in [0.5, 0.6) is 11.8 Å². The third-order valence-corrected chi connectivity index (χ3v) is 3.86. The zero-order valence-electron chi connectivity index (χ0n) is 15.5. The molecule has 0 aliphatic heterocycles. The first-order valence-electron chi connectivity index (χ1n) is 8.94. The molecule has 0 aliphatic rings. The lowest BCUT2D eigenvalue weighted by molar-refractivity contribution is 0.115.